The van der Waals surface area contributed by atoms with Crippen molar-refractivity contribution in [2.75, 3.05) is 17.6 Å². The molecule has 0 aliphatic carbocycles. The molecule has 19 heavy (non-hydrogen) atoms. The van der Waals surface area contributed by atoms with Crippen LogP contribution >= 0.6 is 23.4 Å². The molecule has 1 unspecified atom stereocenters. The van der Waals surface area contributed by atoms with E-state index < -0.39 is 0 Å². The summed E-state index contributed by atoms with van der Waals surface area (Å²) in [5.74, 6) is 6.80. The van der Waals surface area contributed by atoms with Crippen LogP contribution in [0.3, 0.4) is 0 Å². The zero-order chi connectivity index (χ0) is 13.7. The molecule has 0 saturated carbocycles. The van der Waals surface area contributed by atoms with Crippen LogP contribution in [-0.4, -0.2) is 23.5 Å². The van der Waals surface area contributed by atoms with Crippen molar-refractivity contribution in [1.82, 2.24) is 0 Å². The predicted molar refractivity (Wildman–Crippen MR) is 81.5 cm³/mol. The third-order valence-electron chi connectivity index (χ3n) is 2.79. The smallest absolute Gasteiger partial charge is 0.237 e. The number of anilines is 1. The lowest BCUT2D eigenvalue weighted by Crippen LogP contribution is -2.23. The van der Waals surface area contributed by atoms with Crippen LogP contribution in [0.5, 0.6) is 0 Å². The summed E-state index contributed by atoms with van der Waals surface area (Å²) in [6.07, 6.45) is 2.03. The van der Waals surface area contributed by atoms with Crippen LogP contribution in [-0.2, 0) is 4.79 Å². The van der Waals surface area contributed by atoms with Gasteiger partial charge in [-0.15, -0.1) is 11.8 Å². The van der Waals surface area contributed by atoms with Crippen molar-refractivity contribution in [3.63, 3.8) is 0 Å². The second-order valence-corrected chi connectivity index (χ2v) is 5.93. The van der Waals surface area contributed by atoms with Gasteiger partial charge >= 0.3 is 0 Å². The van der Waals surface area contributed by atoms with Gasteiger partial charge in [-0.2, -0.15) is 0 Å². The molecule has 3 nitrogen and oxygen atoms in total. The lowest BCUT2D eigenvalue weighted by Gasteiger charge is -2.11. The largest absolute Gasteiger partial charge is 0.324 e. The standard InChI is InChI=1S/C14H15ClN2OS/c15-11-6-5-10(3-1-7-16)12(9-11)17-14(18)13-4-2-8-19-13/h5-6,9,13H,2,4,7-8,16H2,(H,17,18). The molecule has 1 saturated heterocycles. The second-order valence-electron chi connectivity index (χ2n) is 4.19. The van der Waals surface area contributed by atoms with Gasteiger partial charge in [-0.25, -0.2) is 0 Å². The van der Waals surface area contributed by atoms with Gasteiger partial charge in [-0.3, -0.25) is 4.79 Å². The Labute approximate surface area is 122 Å². The highest BCUT2D eigenvalue weighted by Gasteiger charge is 2.23. The molecule has 0 aromatic heterocycles. The second kappa shape index (κ2) is 6.85. The highest BCUT2D eigenvalue weighted by Crippen LogP contribution is 2.28. The maximum atomic E-state index is 12.1. The Balaban J connectivity index is 2.17. The minimum Gasteiger partial charge on any atom is -0.324 e. The number of nitrogens with two attached hydrogens (primary N) is 1. The number of halogens is 1. The molecular formula is C14H15ClN2OS. The predicted octanol–water partition coefficient (Wildman–Crippen LogP) is 2.48. The Morgan fingerprint density at radius 1 is 1.58 bits per heavy atom. The van der Waals surface area contributed by atoms with E-state index in [2.05, 4.69) is 17.2 Å². The monoisotopic (exact) mass is 294 g/mol. The summed E-state index contributed by atoms with van der Waals surface area (Å²) in [6, 6.07) is 5.27. The first-order valence-electron chi connectivity index (χ1n) is 6.11. The Morgan fingerprint density at radius 3 is 3.11 bits per heavy atom. The lowest BCUT2D eigenvalue weighted by molar-refractivity contribution is -0.115. The van der Waals surface area contributed by atoms with Crippen molar-refractivity contribution in [3.8, 4) is 11.8 Å². The van der Waals surface area contributed by atoms with E-state index >= 15 is 0 Å². The SMILES string of the molecule is NCC#Cc1ccc(Cl)cc1NC(=O)C1CCCS1. The summed E-state index contributed by atoms with van der Waals surface area (Å²) in [7, 11) is 0. The molecule has 1 heterocycles. The number of thioether (sulfide) groups is 1. The fourth-order valence-corrected chi connectivity index (χ4v) is 3.21. The van der Waals surface area contributed by atoms with Crippen molar-refractivity contribution in [3.05, 3.63) is 28.8 Å². The lowest BCUT2D eigenvalue weighted by atomic mass is 10.1. The third-order valence-corrected chi connectivity index (χ3v) is 4.40. The molecule has 5 heteroatoms. The fraction of sp³-hybridized carbons (Fsp3) is 0.357. The van der Waals surface area contributed by atoms with Crippen molar-refractivity contribution in [2.24, 2.45) is 5.73 Å². The Morgan fingerprint density at radius 2 is 2.42 bits per heavy atom. The van der Waals surface area contributed by atoms with Crippen LogP contribution in [0.4, 0.5) is 5.69 Å². The summed E-state index contributed by atoms with van der Waals surface area (Å²) < 4.78 is 0. The minimum absolute atomic E-state index is 0.0283. The molecule has 0 bridgehead atoms. The summed E-state index contributed by atoms with van der Waals surface area (Å²) in [5.41, 5.74) is 6.77. The molecule has 1 amide bonds. The number of benzene rings is 1. The van der Waals surface area contributed by atoms with Gasteiger partial charge in [0.15, 0.2) is 0 Å². The van der Waals surface area contributed by atoms with Gasteiger partial charge in [0.2, 0.25) is 5.91 Å². The number of carbonyl (C=O) groups is 1. The first-order chi connectivity index (χ1) is 9.20. The van der Waals surface area contributed by atoms with Crippen LogP contribution in [0.15, 0.2) is 18.2 Å². The molecule has 0 spiro atoms. The molecule has 2 rings (SSSR count). The Hall–Kier alpha value is -1.15. The van der Waals surface area contributed by atoms with Crippen molar-refractivity contribution >= 4 is 35.0 Å². The summed E-state index contributed by atoms with van der Waals surface area (Å²) in [6.45, 7) is 0.286. The number of amides is 1. The van der Waals surface area contributed by atoms with Gasteiger partial charge in [0, 0.05) is 10.6 Å². The van der Waals surface area contributed by atoms with Gasteiger partial charge in [0.05, 0.1) is 17.5 Å². The average molecular weight is 295 g/mol. The molecule has 100 valence electrons. The van der Waals surface area contributed by atoms with Crippen LogP contribution in [0.1, 0.15) is 18.4 Å². The number of hydrogen-bond acceptors (Lipinski definition) is 3. The summed E-state index contributed by atoms with van der Waals surface area (Å²) in [5, 5.41) is 3.53. The van der Waals surface area contributed by atoms with Gasteiger partial charge in [-0.1, -0.05) is 23.4 Å². The number of carbonyl (C=O) groups excluding carboxylic acids is 1. The maximum absolute atomic E-state index is 12.1. The molecule has 0 radical (unpaired) electrons. The normalized spacial score (nSPS) is 17.7. The fourth-order valence-electron chi connectivity index (χ4n) is 1.87. The Bertz CT molecular complexity index is 530. The number of nitrogens with one attached hydrogen (secondary N) is 1. The van der Waals surface area contributed by atoms with Gasteiger partial charge < -0.3 is 11.1 Å². The van der Waals surface area contributed by atoms with E-state index in [-0.39, 0.29) is 17.7 Å². The van der Waals surface area contributed by atoms with E-state index in [1.807, 2.05) is 0 Å². The molecule has 3 N–H and O–H groups in total. The molecule has 1 aliphatic rings. The van der Waals surface area contributed by atoms with Crippen LogP contribution in [0, 0.1) is 11.8 Å². The van der Waals surface area contributed by atoms with Crippen LogP contribution < -0.4 is 11.1 Å². The quantitative estimate of drug-likeness (QED) is 0.824. The highest BCUT2D eigenvalue weighted by atomic mass is 35.5. The molecule has 1 aliphatic heterocycles. The Kier molecular flexibility index (Phi) is 5.15. The van der Waals surface area contributed by atoms with E-state index in [0.29, 0.717) is 10.7 Å². The highest BCUT2D eigenvalue weighted by molar-refractivity contribution is 8.00. The zero-order valence-electron chi connectivity index (χ0n) is 10.4. The van der Waals surface area contributed by atoms with Gasteiger partial charge in [0.1, 0.15) is 0 Å². The van der Waals surface area contributed by atoms with E-state index in [4.69, 9.17) is 17.3 Å². The van der Waals surface area contributed by atoms with Crippen molar-refractivity contribution in [2.45, 2.75) is 18.1 Å². The molecule has 1 aromatic rings. The van der Waals surface area contributed by atoms with Crippen LogP contribution in [0.25, 0.3) is 0 Å². The number of hydrogen-bond donors (Lipinski definition) is 2. The van der Waals surface area contributed by atoms with Gasteiger partial charge in [-0.05, 0) is 36.8 Å². The maximum Gasteiger partial charge on any atom is 0.237 e. The summed E-state index contributed by atoms with van der Waals surface area (Å²) in [4.78, 5) is 12.1. The first kappa shape index (κ1) is 14.3. The zero-order valence-corrected chi connectivity index (χ0v) is 12.0. The first-order valence-corrected chi connectivity index (χ1v) is 7.54. The molecule has 1 aromatic carbocycles. The van der Waals surface area contributed by atoms with Crippen molar-refractivity contribution < 1.29 is 4.79 Å². The van der Waals surface area contributed by atoms with E-state index in [1.165, 1.54) is 0 Å². The molecule has 1 fully saturated rings. The average Bonchev–Trinajstić information content (AvgIpc) is 2.92. The molecule has 1 atom stereocenters. The summed E-state index contributed by atoms with van der Waals surface area (Å²) >= 11 is 7.66. The van der Waals surface area contributed by atoms with Crippen molar-refractivity contribution in [1.29, 1.82) is 0 Å². The topological polar surface area (TPSA) is 55.1 Å². The van der Waals surface area contributed by atoms with Gasteiger partial charge in [0.25, 0.3) is 0 Å². The molecular weight excluding hydrogens is 280 g/mol. The third kappa shape index (κ3) is 3.90. The van der Waals surface area contributed by atoms with E-state index in [1.54, 1.807) is 30.0 Å². The van der Waals surface area contributed by atoms with Crippen LogP contribution in [0.2, 0.25) is 5.02 Å². The van der Waals surface area contributed by atoms with E-state index in [9.17, 15) is 4.79 Å². The minimum atomic E-state index is 0.0283. The number of rotatable bonds is 2. The van der Waals surface area contributed by atoms with E-state index in [0.717, 1.165) is 24.2 Å².